The Kier molecular flexibility index (Phi) is 9.22. The lowest BCUT2D eigenvalue weighted by atomic mass is 9.52. The minimum atomic E-state index is -0.807. The monoisotopic (exact) mass is 618 g/mol. The zero-order chi connectivity index (χ0) is 32.9. The van der Waals surface area contributed by atoms with E-state index in [1.54, 1.807) is 13.8 Å². The van der Waals surface area contributed by atoms with Crippen LogP contribution < -0.4 is 0 Å². The van der Waals surface area contributed by atoms with Crippen LogP contribution in [0.4, 0.5) is 0 Å². The molecule has 0 amide bonds. The minimum Gasteiger partial charge on any atom is -0.512 e. The molecule has 0 fully saturated rings. The summed E-state index contributed by atoms with van der Waals surface area (Å²) in [6, 6.07) is 6.98. The van der Waals surface area contributed by atoms with Gasteiger partial charge in [-0.25, -0.2) is 0 Å². The fraction of sp³-hybridized carbons (Fsp3) is 0.641. The van der Waals surface area contributed by atoms with Crippen molar-refractivity contribution in [3.63, 3.8) is 0 Å². The van der Waals surface area contributed by atoms with Gasteiger partial charge in [0.1, 0.15) is 17.6 Å². The predicted octanol–water partition coefficient (Wildman–Crippen LogP) is 7.85. The summed E-state index contributed by atoms with van der Waals surface area (Å²) in [6.07, 6.45) is 11.0. The van der Waals surface area contributed by atoms with Crippen LogP contribution in [0.1, 0.15) is 110 Å². The topological polar surface area (TPSA) is 93.1 Å². The molecule has 4 unspecified atom stereocenters. The molecule has 5 rings (SSSR count). The maximum atomic E-state index is 13.3. The summed E-state index contributed by atoms with van der Waals surface area (Å²) < 4.78 is 10.9. The Bertz CT molecular complexity index is 1390. The van der Waals surface area contributed by atoms with Crippen LogP contribution in [0.5, 0.6) is 0 Å². The number of esters is 2. The van der Waals surface area contributed by atoms with Crippen LogP contribution in [0, 0.1) is 35.0 Å². The lowest BCUT2D eigenvalue weighted by molar-refractivity contribution is -0.150. The van der Waals surface area contributed by atoms with Crippen molar-refractivity contribution in [2.24, 2.45) is 35.0 Å². The molecule has 4 aliphatic rings. The first-order valence-electron chi connectivity index (χ1n) is 17.1. The van der Waals surface area contributed by atoms with Crippen molar-refractivity contribution in [2.75, 3.05) is 13.2 Å². The van der Waals surface area contributed by atoms with E-state index in [-0.39, 0.29) is 47.6 Å². The number of fused-ring (bicyclic) bond motifs is 3. The normalized spacial score (nSPS) is 33.0. The van der Waals surface area contributed by atoms with Crippen LogP contribution in [0.3, 0.4) is 0 Å². The molecule has 0 aromatic heterocycles. The van der Waals surface area contributed by atoms with Gasteiger partial charge in [0, 0.05) is 11.3 Å². The molecule has 0 spiro atoms. The first kappa shape index (κ1) is 33.5. The van der Waals surface area contributed by atoms with E-state index in [0.29, 0.717) is 31.6 Å². The van der Waals surface area contributed by atoms with Gasteiger partial charge in [-0.15, -0.1) is 0 Å². The quantitative estimate of drug-likeness (QED) is 0.249. The molecule has 6 heteroatoms. The van der Waals surface area contributed by atoms with Gasteiger partial charge in [0.25, 0.3) is 0 Å². The van der Waals surface area contributed by atoms with Gasteiger partial charge in [-0.2, -0.15) is 0 Å². The smallest absolute Gasteiger partial charge is 0.316 e. The van der Waals surface area contributed by atoms with E-state index in [2.05, 4.69) is 71.9 Å². The minimum absolute atomic E-state index is 0.0248. The van der Waals surface area contributed by atoms with Crippen LogP contribution in [-0.4, -0.2) is 41.5 Å². The van der Waals surface area contributed by atoms with Crippen molar-refractivity contribution in [1.82, 2.24) is 0 Å². The van der Waals surface area contributed by atoms with E-state index in [9.17, 15) is 19.8 Å². The number of allylic oxidation sites excluding steroid dienone is 4. The molecule has 4 aliphatic carbocycles. The van der Waals surface area contributed by atoms with Crippen LogP contribution in [0.15, 0.2) is 53.8 Å². The van der Waals surface area contributed by atoms with Crippen molar-refractivity contribution in [1.29, 1.82) is 0 Å². The molecule has 0 radical (unpaired) electrons. The fourth-order valence-electron chi connectivity index (χ4n) is 8.83. The highest BCUT2D eigenvalue weighted by Gasteiger charge is 2.60. The zero-order valence-electron chi connectivity index (χ0n) is 28.6. The second-order valence-corrected chi connectivity index (χ2v) is 15.8. The lowest BCUT2D eigenvalue weighted by Crippen LogP contribution is -2.48. The molecule has 6 nitrogen and oxygen atoms in total. The van der Waals surface area contributed by atoms with Crippen molar-refractivity contribution in [3.05, 3.63) is 70.5 Å². The maximum absolute atomic E-state index is 13.3. The molecule has 1 aromatic carbocycles. The average Bonchev–Trinajstić information content (AvgIpc) is 3.27. The van der Waals surface area contributed by atoms with E-state index in [4.69, 9.17) is 9.47 Å². The van der Waals surface area contributed by atoms with Gasteiger partial charge < -0.3 is 19.7 Å². The number of hydrogen-bond donors (Lipinski definition) is 2. The molecule has 0 aliphatic heterocycles. The highest BCUT2D eigenvalue weighted by atomic mass is 16.5. The van der Waals surface area contributed by atoms with E-state index < -0.39 is 35.3 Å². The van der Waals surface area contributed by atoms with Crippen LogP contribution in [-0.2, 0) is 29.9 Å². The number of rotatable bonds is 6. The van der Waals surface area contributed by atoms with Crippen LogP contribution in [0.2, 0.25) is 0 Å². The fourth-order valence-corrected chi connectivity index (χ4v) is 8.83. The summed E-state index contributed by atoms with van der Waals surface area (Å²) in [6.45, 7) is 17.7. The average molecular weight is 619 g/mol. The number of benzene rings is 1. The third-order valence-corrected chi connectivity index (χ3v) is 11.2. The second kappa shape index (κ2) is 12.4. The summed E-state index contributed by atoms with van der Waals surface area (Å²) in [5, 5.41) is 22.1. The van der Waals surface area contributed by atoms with Crippen LogP contribution >= 0.6 is 0 Å². The number of carbonyl (C=O) groups excluding carboxylic acids is 2. The number of carbonyl (C=O) groups is 2. The van der Waals surface area contributed by atoms with Gasteiger partial charge in [-0.3, -0.25) is 9.59 Å². The standard InChI is InChI=1S/C39H54O6/c1-9-44-35(42)29-19-25(13-17-33(29)40)39(26-14-18-34(41)30(20-26)36(43)45-10-2)31-21-23(37(3,4)5)11-15-27(31)28-16-12-24(22-32(28)39)38(6,7)8/h11-12,15-17,20-21,24-25,28-30,32,34,40-41H,9-10,13-14,18-19,22H2,1-8H3/t24-,25+,28-,29+,30?,32?,34?,39?/m0/s1. The molecule has 0 heterocycles. The Hall–Kier alpha value is -2.86. The summed E-state index contributed by atoms with van der Waals surface area (Å²) in [4.78, 5) is 26.5. The van der Waals surface area contributed by atoms with Crippen molar-refractivity contribution < 1.29 is 29.3 Å². The van der Waals surface area contributed by atoms with E-state index in [1.165, 1.54) is 16.7 Å². The van der Waals surface area contributed by atoms with Gasteiger partial charge in [-0.1, -0.05) is 83.5 Å². The molecule has 45 heavy (non-hydrogen) atoms. The maximum Gasteiger partial charge on any atom is 0.316 e. The summed E-state index contributed by atoms with van der Waals surface area (Å²) in [5.41, 5.74) is 4.45. The first-order valence-corrected chi connectivity index (χ1v) is 17.1. The molecular formula is C39H54O6. The zero-order valence-corrected chi connectivity index (χ0v) is 28.6. The van der Waals surface area contributed by atoms with Crippen molar-refractivity contribution in [3.8, 4) is 0 Å². The highest BCUT2D eigenvalue weighted by Crippen LogP contribution is 2.66. The molecule has 2 N–H and O–H groups in total. The lowest BCUT2D eigenvalue weighted by Gasteiger charge is -2.51. The largest absolute Gasteiger partial charge is 0.512 e. The van der Waals surface area contributed by atoms with Gasteiger partial charge >= 0.3 is 11.9 Å². The first-order chi connectivity index (χ1) is 21.1. The third kappa shape index (κ3) is 5.92. The Morgan fingerprint density at radius 2 is 1.67 bits per heavy atom. The number of ether oxygens (including phenoxy) is 2. The van der Waals surface area contributed by atoms with E-state index in [1.807, 2.05) is 12.2 Å². The number of hydrogen-bond acceptors (Lipinski definition) is 6. The van der Waals surface area contributed by atoms with Crippen molar-refractivity contribution >= 4 is 11.9 Å². The molecular weight excluding hydrogens is 564 g/mol. The van der Waals surface area contributed by atoms with E-state index >= 15 is 0 Å². The molecule has 246 valence electrons. The van der Waals surface area contributed by atoms with Gasteiger partial charge in [0.15, 0.2) is 0 Å². The Balaban J connectivity index is 1.80. The molecule has 1 aromatic rings. The molecule has 8 atom stereocenters. The summed E-state index contributed by atoms with van der Waals surface area (Å²) in [5.74, 6) is -1.49. The molecule has 0 saturated heterocycles. The summed E-state index contributed by atoms with van der Waals surface area (Å²) in [7, 11) is 0. The Labute approximate surface area is 270 Å². The SMILES string of the molecule is CCOC(=O)C1C=C(C2([C@@H]3CC=C(O)[C@H](C(=O)OCC)C3)c3cc(C(C)(C)C)ccc3[C@@H]3C=C[C@H](C(C)(C)C)CC32)CCC1O. The highest BCUT2D eigenvalue weighted by molar-refractivity contribution is 5.77. The molecule has 0 saturated carbocycles. The summed E-state index contributed by atoms with van der Waals surface area (Å²) >= 11 is 0. The Morgan fingerprint density at radius 1 is 0.978 bits per heavy atom. The molecule has 0 bridgehead atoms. The van der Waals surface area contributed by atoms with Crippen molar-refractivity contribution in [2.45, 2.75) is 110 Å². The second-order valence-electron chi connectivity index (χ2n) is 15.8. The van der Waals surface area contributed by atoms with Gasteiger partial charge in [-0.05, 0) is 97.3 Å². The van der Waals surface area contributed by atoms with Gasteiger partial charge in [0.05, 0.1) is 19.3 Å². The van der Waals surface area contributed by atoms with E-state index in [0.717, 1.165) is 12.0 Å². The van der Waals surface area contributed by atoms with Crippen LogP contribution in [0.25, 0.3) is 0 Å². The third-order valence-electron chi connectivity index (χ3n) is 11.2. The van der Waals surface area contributed by atoms with Gasteiger partial charge in [0.2, 0.25) is 0 Å². The number of aliphatic hydroxyl groups is 2. The number of aliphatic hydroxyl groups excluding tert-OH is 2. The predicted molar refractivity (Wildman–Crippen MR) is 177 cm³/mol. The Morgan fingerprint density at radius 3 is 2.31 bits per heavy atom.